The third-order valence-corrected chi connectivity index (χ3v) is 6.02. The van der Waals surface area contributed by atoms with Crippen LogP contribution in [0.2, 0.25) is 0 Å². The van der Waals surface area contributed by atoms with Gasteiger partial charge in [0.25, 0.3) is 5.91 Å². The van der Waals surface area contributed by atoms with E-state index in [4.69, 9.17) is 4.74 Å². The van der Waals surface area contributed by atoms with E-state index in [-0.39, 0.29) is 35.6 Å². The van der Waals surface area contributed by atoms with Gasteiger partial charge in [-0.25, -0.2) is 14.2 Å². The molecule has 3 aromatic rings. The van der Waals surface area contributed by atoms with Crippen LogP contribution in [0.4, 0.5) is 22.4 Å². The minimum Gasteiger partial charge on any atom is -0.445 e. The molecule has 0 bridgehead atoms. The molecule has 1 aromatic carbocycles. The summed E-state index contributed by atoms with van der Waals surface area (Å²) in [6, 6.07) is 6.09. The maximum atomic E-state index is 13.8. The molecule has 4 heterocycles. The molecule has 0 saturated carbocycles. The number of benzene rings is 1. The minimum atomic E-state index is -5.01. The Labute approximate surface area is 194 Å². The number of fused-ring (bicyclic) bond motifs is 2. The highest BCUT2D eigenvalue weighted by molar-refractivity contribution is 5.94. The van der Waals surface area contributed by atoms with Gasteiger partial charge in [-0.05, 0) is 29.8 Å². The monoisotopic (exact) mass is 494 g/mol. The van der Waals surface area contributed by atoms with Crippen molar-refractivity contribution in [1.29, 1.82) is 0 Å². The zero-order chi connectivity index (χ0) is 24.7. The van der Waals surface area contributed by atoms with Crippen LogP contribution < -0.4 is 4.74 Å². The van der Waals surface area contributed by atoms with Crippen LogP contribution in [0.1, 0.15) is 16.1 Å². The van der Waals surface area contributed by atoms with Crippen molar-refractivity contribution in [2.24, 2.45) is 11.8 Å². The predicted molar refractivity (Wildman–Crippen MR) is 109 cm³/mol. The Hall–Kier alpha value is -3.97. The molecular weight excluding hydrogens is 476 g/mol. The lowest BCUT2D eigenvalue weighted by Gasteiger charge is -2.21. The number of rotatable bonds is 4. The second-order valence-electron chi connectivity index (χ2n) is 8.37. The number of aromatic nitrogens is 4. The SMILES string of the molecule is O=C(OCc1ccc(OC(F)(F)F)c(F)c1)N1C[C@@H]2CN(C(=O)c3ccc4n[nH]nc4n3)C[C@H]2C1. The van der Waals surface area contributed by atoms with Crippen LogP contribution in [0, 0.1) is 17.7 Å². The molecule has 5 rings (SSSR count). The number of hydrogen-bond donors (Lipinski definition) is 1. The van der Waals surface area contributed by atoms with Crippen molar-refractivity contribution in [3.8, 4) is 5.75 Å². The Balaban J connectivity index is 1.13. The number of pyridine rings is 1. The molecule has 2 aliphatic rings. The van der Waals surface area contributed by atoms with Crippen LogP contribution in [-0.2, 0) is 11.3 Å². The van der Waals surface area contributed by atoms with Gasteiger partial charge in [0.1, 0.15) is 17.8 Å². The first-order valence-corrected chi connectivity index (χ1v) is 10.6. The second-order valence-corrected chi connectivity index (χ2v) is 8.37. The third kappa shape index (κ3) is 4.81. The van der Waals surface area contributed by atoms with Gasteiger partial charge in [-0.15, -0.1) is 18.3 Å². The number of nitrogens with zero attached hydrogens (tertiary/aromatic N) is 5. The first-order valence-electron chi connectivity index (χ1n) is 10.6. The number of H-pyrrole nitrogens is 1. The van der Waals surface area contributed by atoms with Crippen molar-refractivity contribution < 1.29 is 36.6 Å². The van der Waals surface area contributed by atoms with E-state index in [0.717, 1.165) is 12.1 Å². The van der Waals surface area contributed by atoms with E-state index in [9.17, 15) is 27.2 Å². The average Bonchev–Trinajstić information content (AvgIpc) is 3.52. The summed E-state index contributed by atoms with van der Waals surface area (Å²) in [5, 5.41) is 10.2. The summed E-state index contributed by atoms with van der Waals surface area (Å²) in [6.07, 6.45) is -5.63. The van der Waals surface area contributed by atoms with Gasteiger partial charge in [0.2, 0.25) is 5.65 Å². The molecule has 35 heavy (non-hydrogen) atoms. The number of carbonyl (C=O) groups excluding carboxylic acids is 2. The summed E-state index contributed by atoms with van der Waals surface area (Å²) in [6.45, 7) is 1.37. The lowest BCUT2D eigenvalue weighted by atomic mass is 10.0. The van der Waals surface area contributed by atoms with Crippen molar-refractivity contribution in [3.63, 3.8) is 0 Å². The highest BCUT2D eigenvalue weighted by Crippen LogP contribution is 2.32. The molecule has 0 unspecified atom stereocenters. The van der Waals surface area contributed by atoms with E-state index in [1.807, 2.05) is 0 Å². The zero-order valence-electron chi connectivity index (χ0n) is 18.0. The molecular formula is C21H18F4N6O4. The summed E-state index contributed by atoms with van der Waals surface area (Å²) in [4.78, 5) is 32.7. The maximum Gasteiger partial charge on any atom is 0.573 e. The number of nitrogens with one attached hydrogen (secondary N) is 1. The van der Waals surface area contributed by atoms with Crippen LogP contribution in [0.3, 0.4) is 0 Å². The molecule has 2 amide bonds. The number of aromatic amines is 1. The van der Waals surface area contributed by atoms with Crippen molar-refractivity contribution in [2.45, 2.75) is 13.0 Å². The van der Waals surface area contributed by atoms with Crippen LogP contribution in [0.5, 0.6) is 5.75 Å². The molecule has 0 radical (unpaired) electrons. The number of likely N-dealkylation sites (tertiary alicyclic amines) is 2. The summed E-state index contributed by atoms with van der Waals surface area (Å²) >= 11 is 0. The molecule has 184 valence electrons. The largest absolute Gasteiger partial charge is 0.573 e. The van der Waals surface area contributed by atoms with E-state index in [2.05, 4.69) is 25.1 Å². The standard InChI is InChI=1S/C21H18F4N6O4/c22-14-5-11(1-4-17(14)35-21(23,24)25)10-34-20(33)31-8-12-6-30(7-13(12)9-31)19(32)16-3-2-15-18(26-16)28-29-27-15/h1-5,12-13H,6-10H2,(H,26,27,28,29)/t12-,13-/m0/s1. The molecule has 2 aromatic heterocycles. The lowest BCUT2D eigenvalue weighted by Crippen LogP contribution is -2.36. The Morgan fingerprint density at radius 3 is 2.43 bits per heavy atom. The fourth-order valence-corrected chi connectivity index (χ4v) is 4.40. The molecule has 1 N–H and O–H groups in total. The molecule has 10 nitrogen and oxygen atoms in total. The zero-order valence-corrected chi connectivity index (χ0v) is 18.0. The predicted octanol–water partition coefficient (Wildman–Crippen LogP) is 2.73. The van der Waals surface area contributed by atoms with Crippen molar-refractivity contribution in [3.05, 3.63) is 47.4 Å². The van der Waals surface area contributed by atoms with Gasteiger partial charge in [-0.2, -0.15) is 10.3 Å². The van der Waals surface area contributed by atoms with Crippen LogP contribution in [0.25, 0.3) is 11.2 Å². The number of carbonyl (C=O) groups is 2. The summed E-state index contributed by atoms with van der Waals surface area (Å²) < 4.78 is 59.4. The smallest absolute Gasteiger partial charge is 0.445 e. The number of amides is 2. The quantitative estimate of drug-likeness (QED) is 0.555. The number of alkyl halides is 3. The highest BCUT2D eigenvalue weighted by Gasteiger charge is 2.44. The summed E-state index contributed by atoms with van der Waals surface area (Å²) in [5.74, 6) is -2.26. The first kappa shape index (κ1) is 22.8. The van der Waals surface area contributed by atoms with Gasteiger partial charge < -0.3 is 19.3 Å². The fourth-order valence-electron chi connectivity index (χ4n) is 4.40. The van der Waals surface area contributed by atoms with Crippen molar-refractivity contribution in [2.75, 3.05) is 26.2 Å². The van der Waals surface area contributed by atoms with E-state index in [0.29, 0.717) is 37.3 Å². The minimum absolute atomic E-state index is 0.0681. The Kier molecular flexibility index (Phi) is 5.65. The number of ether oxygens (including phenoxy) is 2. The second kappa shape index (κ2) is 8.67. The normalized spacial score (nSPS) is 19.8. The number of halogens is 4. The first-order chi connectivity index (χ1) is 16.7. The van der Waals surface area contributed by atoms with Gasteiger partial charge in [0.05, 0.1) is 0 Å². The molecule has 0 spiro atoms. The van der Waals surface area contributed by atoms with Gasteiger partial charge >= 0.3 is 12.5 Å². The maximum absolute atomic E-state index is 13.8. The molecule has 14 heteroatoms. The van der Waals surface area contributed by atoms with E-state index >= 15 is 0 Å². The van der Waals surface area contributed by atoms with E-state index in [1.165, 1.54) is 11.0 Å². The van der Waals surface area contributed by atoms with Gasteiger partial charge in [0, 0.05) is 38.0 Å². The molecule has 2 saturated heterocycles. The van der Waals surface area contributed by atoms with E-state index < -0.39 is 24.0 Å². The van der Waals surface area contributed by atoms with Gasteiger partial charge in [-0.3, -0.25) is 4.79 Å². The Morgan fingerprint density at radius 2 is 1.74 bits per heavy atom. The van der Waals surface area contributed by atoms with Crippen LogP contribution in [-0.4, -0.2) is 74.7 Å². The topological polar surface area (TPSA) is 114 Å². The summed E-state index contributed by atoms with van der Waals surface area (Å²) in [5.41, 5.74) is 1.36. The molecule has 2 aliphatic heterocycles. The highest BCUT2D eigenvalue weighted by atomic mass is 19.4. The average molecular weight is 494 g/mol. The fraction of sp³-hybridized carbons (Fsp3) is 0.381. The van der Waals surface area contributed by atoms with Crippen molar-refractivity contribution >= 4 is 23.2 Å². The summed E-state index contributed by atoms with van der Waals surface area (Å²) in [7, 11) is 0. The van der Waals surface area contributed by atoms with Crippen molar-refractivity contribution in [1.82, 2.24) is 30.2 Å². The molecule has 2 fully saturated rings. The molecule has 0 aliphatic carbocycles. The Bertz CT molecular complexity index is 1270. The van der Waals surface area contributed by atoms with Crippen LogP contribution >= 0.6 is 0 Å². The van der Waals surface area contributed by atoms with Gasteiger partial charge in [0.15, 0.2) is 11.6 Å². The Morgan fingerprint density at radius 1 is 1.03 bits per heavy atom. The van der Waals surface area contributed by atoms with E-state index in [1.54, 1.807) is 17.0 Å². The lowest BCUT2D eigenvalue weighted by molar-refractivity contribution is -0.275. The van der Waals surface area contributed by atoms with Gasteiger partial charge in [-0.1, -0.05) is 6.07 Å². The third-order valence-electron chi connectivity index (χ3n) is 6.02. The molecule has 2 atom stereocenters. The number of hydrogen-bond acceptors (Lipinski definition) is 7. The van der Waals surface area contributed by atoms with Crippen LogP contribution in [0.15, 0.2) is 30.3 Å².